The number of hydrogen-bond acceptors (Lipinski definition) is 6. The maximum absolute atomic E-state index is 12.5. The molecular formula is C22H19N3O5S. The average Bonchev–Trinajstić information content (AvgIpc) is 2.78. The molecule has 0 atom stereocenters. The van der Waals surface area contributed by atoms with Gasteiger partial charge in [0.25, 0.3) is 15.9 Å². The minimum atomic E-state index is -3.79. The van der Waals surface area contributed by atoms with E-state index in [2.05, 4.69) is 16.2 Å². The summed E-state index contributed by atoms with van der Waals surface area (Å²) in [6.07, 6.45) is 0. The molecule has 158 valence electrons. The first-order valence-corrected chi connectivity index (χ1v) is 10.6. The fourth-order valence-corrected chi connectivity index (χ4v) is 3.52. The lowest BCUT2D eigenvalue weighted by Gasteiger charge is -2.10. The zero-order valence-electron chi connectivity index (χ0n) is 16.5. The Kier molecular flexibility index (Phi) is 6.99. The molecule has 0 saturated carbocycles. The Morgan fingerprint density at radius 1 is 1.03 bits per heavy atom. The molecule has 3 aromatic rings. The van der Waals surface area contributed by atoms with Crippen molar-refractivity contribution < 1.29 is 22.8 Å². The summed E-state index contributed by atoms with van der Waals surface area (Å²) in [6.45, 7) is 0.276. The molecule has 0 aliphatic rings. The van der Waals surface area contributed by atoms with Crippen LogP contribution in [0.3, 0.4) is 0 Å². The Bertz CT molecular complexity index is 1220. The predicted octanol–water partition coefficient (Wildman–Crippen LogP) is 3.23. The van der Waals surface area contributed by atoms with Gasteiger partial charge < -0.3 is 10.1 Å². The van der Waals surface area contributed by atoms with Crippen LogP contribution in [0.2, 0.25) is 0 Å². The van der Waals surface area contributed by atoms with Crippen molar-refractivity contribution in [2.24, 2.45) is 0 Å². The number of ether oxygens (including phenoxy) is 1. The zero-order chi connectivity index (χ0) is 22.3. The van der Waals surface area contributed by atoms with Crippen LogP contribution in [0.25, 0.3) is 0 Å². The predicted molar refractivity (Wildman–Crippen MR) is 114 cm³/mol. The molecule has 2 N–H and O–H groups in total. The molecule has 0 radical (unpaired) electrons. The summed E-state index contributed by atoms with van der Waals surface area (Å²) in [5, 5.41) is 11.7. The summed E-state index contributed by atoms with van der Waals surface area (Å²) in [6, 6.07) is 21.5. The SMILES string of the molecule is CONS(=O)(=O)c1ccc(C(=O)Nc2cccc(OCc3cccc(C#N)c3)c2)cc1. The Hall–Kier alpha value is -3.71. The molecule has 0 fully saturated rings. The number of anilines is 1. The highest BCUT2D eigenvalue weighted by atomic mass is 32.2. The third-order valence-corrected chi connectivity index (χ3v) is 5.45. The van der Waals surface area contributed by atoms with Crippen molar-refractivity contribution >= 4 is 21.6 Å². The fraction of sp³-hybridized carbons (Fsp3) is 0.0909. The van der Waals surface area contributed by atoms with Crippen LogP contribution in [0.1, 0.15) is 21.5 Å². The second-order valence-corrected chi connectivity index (χ2v) is 8.04. The Labute approximate surface area is 180 Å². The van der Waals surface area contributed by atoms with E-state index in [4.69, 9.17) is 10.00 Å². The van der Waals surface area contributed by atoms with Crippen molar-refractivity contribution in [3.63, 3.8) is 0 Å². The van der Waals surface area contributed by atoms with E-state index in [-0.39, 0.29) is 17.1 Å². The summed E-state index contributed by atoms with van der Waals surface area (Å²) < 4.78 is 29.5. The van der Waals surface area contributed by atoms with E-state index in [9.17, 15) is 13.2 Å². The topological polar surface area (TPSA) is 118 Å². The molecule has 3 rings (SSSR count). The maximum atomic E-state index is 12.5. The van der Waals surface area contributed by atoms with E-state index in [1.165, 1.54) is 31.4 Å². The molecular weight excluding hydrogens is 418 g/mol. The van der Waals surface area contributed by atoms with Gasteiger partial charge in [-0.15, -0.1) is 0 Å². The molecule has 0 unspecified atom stereocenters. The summed E-state index contributed by atoms with van der Waals surface area (Å²) in [5.41, 5.74) is 2.22. The van der Waals surface area contributed by atoms with E-state index in [1.807, 2.05) is 11.0 Å². The third kappa shape index (κ3) is 5.90. The standard InChI is InChI=1S/C22H19N3O5S/c1-29-25-31(27,28)21-10-8-18(9-11-21)22(26)24-19-6-3-7-20(13-19)30-15-17-5-2-4-16(12-17)14-23/h2-13,25H,15H2,1H3,(H,24,26). The van der Waals surface area contributed by atoms with Crippen LogP contribution in [0.15, 0.2) is 77.7 Å². The molecule has 0 saturated heterocycles. The van der Waals surface area contributed by atoms with Crippen molar-refractivity contribution in [1.82, 2.24) is 4.89 Å². The second-order valence-electron chi connectivity index (χ2n) is 6.40. The second kappa shape index (κ2) is 9.86. The quantitative estimate of drug-likeness (QED) is 0.523. The first kappa shape index (κ1) is 22.0. The number of nitrogens with zero attached hydrogens (tertiary/aromatic N) is 1. The highest BCUT2D eigenvalue weighted by molar-refractivity contribution is 7.89. The first-order valence-electron chi connectivity index (χ1n) is 9.09. The molecule has 9 heteroatoms. The highest BCUT2D eigenvalue weighted by Crippen LogP contribution is 2.20. The lowest BCUT2D eigenvalue weighted by Crippen LogP contribution is -2.22. The Morgan fingerprint density at radius 3 is 2.48 bits per heavy atom. The van der Waals surface area contributed by atoms with Crippen molar-refractivity contribution in [2.45, 2.75) is 11.5 Å². The molecule has 0 bridgehead atoms. The molecule has 3 aromatic carbocycles. The van der Waals surface area contributed by atoms with Crippen LogP contribution < -0.4 is 14.9 Å². The van der Waals surface area contributed by atoms with E-state index < -0.39 is 15.9 Å². The number of nitrogens with one attached hydrogen (secondary N) is 2. The molecule has 0 aromatic heterocycles. The molecule has 0 heterocycles. The number of sulfonamides is 1. The Morgan fingerprint density at radius 2 is 1.77 bits per heavy atom. The van der Waals surface area contributed by atoms with Crippen LogP contribution in [0.4, 0.5) is 5.69 Å². The number of hydrogen-bond donors (Lipinski definition) is 2. The van der Waals surface area contributed by atoms with E-state index in [0.29, 0.717) is 17.0 Å². The van der Waals surface area contributed by atoms with Crippen molar-refractivity contribution in [1.29, 1.82) is 5.26 Å². The zero-order valence-corrected chi connectivity index (χ0v) is 17.3. The highest BCUT2D eigenvalue weighted by Gasteiger charge is 2.14. The first-order chi connectivity index (χ1) is 14.9. The van der Waals surface area contributed by atoms with Gasteiger partial charge >= 0.3 is 0 Å². The van der Waals surface area contributed by atoms with Gasteiger partial charge in [-0.25, -0.2) is 8.42 Å². The minimum Gasteiger partial charge on any atom is -0.489 e. The number of carbonyl (C=O) groups excluding carboxylic acids is 1. The number of nitriles is 1. The summed E-state index contributed by atoms with van der Waals surface area (Å²) >= 11 is 0. The molecule has 0 aliphatic heterocycles. The normalized spacial score (nSPS) is 10.8. The third-order valence-electron chi connectivity index (χ3n) is 4.17. The van der Waals surface area contributed by atoms with E-state index >= 15 is 0 Å². The van der Waals surface area contributed by atoms with Gasteiger partial charge in [0.1, 0.15) is 12.4 Å². The molecule has 8 nitrogen and oxygen atoms in total. The largest absolute Gasteiger partial charge is 0.489 e. The van der Waals surface area contributed by atoms with Crippen molar-refractivity contribution in [3.8, 4) is 11.8 Å². The summed E-state index contributed by atoms with van der Waals surface area (Å²) in [4.78, 5) is 18.8. The van der Waals surface area contributed by atoms with Crippen molar-refractivity contribution in [3.05, 3.63) is 89.5 Å². The summed E-state index contributed by atoms with van der Waals surface area (Å²) in [7, 11) is -2.59. The van der Waals surface area contributed by atoms with Crippen LogP contribution in [0.5, 0.6) is 5.75 Å². The molecule has 1 amide bonds. The monoisotopic (exact) mass is 437 g/mol. The Balaban J connectivity index is 1.65. The smallest absolute Gasteiger partial charge is 0.262 e. The van der Waals surface area contributed by atoms with Gasteiger partial charge in [0, 0.05) is 17.3 Å². The number of rotatable bonds is 8. The van der Waals surface area contributed by atoms with Gasteiger partial charge in [0.15, 0.2) is 0 Å². The number of benzene rings is 3. The van der Waals surface area contributed by atoms with E-state index in [0.717, 1.165) is 5.56 Å². The number of amides is 1. The van der Waals surface area contributed by atoms with Crippen LogP contribution in [0, 0.1) is 11.3 Å². The van der Waals surface area contributed by atoms with Gasteiger partial charge in [-0.05, 0) is 54.1 Å². The van der Waals surface area contributed by atoms with Gasteiger partial charge in [-0.3, -0.25) is 9.63 Å². The van der Waals surface area contributed by atoms with E-state index in [1.54, 1.807) is 42.5 Å². The van der Waals surface area contributed by atoms with Gasteiger partial charge in [-0.2, -0.15) is 5.26 Å². The van der Waals surface area contributed by atoms with Crippen molar-refractivity contribution in [2.75, 3.05) is 12.4 Å². The van der Waals surface area contributed by atoms with Gasteiger partial charge in [0.2, 0.25) is 0 Å². The fourth-order valence-electron chi connectivity index (χ4n) is 2.71. The summed E-state index contributed by atoms with van der Waals surface area (Å²) in [5.74, 6) is 0.148. The average molecular weight is 437 g/mol. The lowest BCUT2D eigenvalue weighted by atomic mass is 10.1. The minimum absolute atomic E-state index is 0.0261. The van der Waals surface area contributed by atoms with Crippen LogP contribution in [-0.4, -0.2) is 21.4 Å². The molecule has 31 heavy (non-hydrogen) atoms. The van der Waals surface area contributed by atoms with Crippen LogP contribution in [-0.2, 0) is 21.5 Å². The van der Waals surface area contributed by atoms with Gasteiger partial charge in [-0.1, -0.05) is 23.1 Å². The molecule has 0 spiro atoms. The lowest BCUT2D eigenvalue weighted by molar-refractivity contribution is 0.102. The number of carbonyl (C=O) groups is 1. The maximum Gasteiger partial charge on any atom is 0.262 e. The van der Waals surface area contributed by atoms with Crippen LogP contribution >= 0.6 is 0 Å². The van der Waals surface area contributed by atoms with Gasteiger partial charge in [0.05, 0.1) is 23.6 Å². The molecule has 0 aliphatic carbocycles.